The Morgan fingerprint density at radius 2 is 1.74 bits per heavy atom. The minimum Gasteiger partial charge on any atom is -0.296 e. The number of carbonyl (C=O) groups is 1. The molecule has 0 saturated carbocycles. The highest BCUT2D eigenvalue weighted by Gasteiger charge is 2.33. The molecule has 19 heavy (non-hydrogen) atoms. The van der Waals surface area contributed by atoms with E-state index in [0.29, 0.717) is 6.29 Å². The molecule has 1 aromatic heterocycles. The summed E-state index contributed by atoms with van der Waals surface area (Å²) in [5.74, 6) is 0. The number of pyridine rings is 1. The number of carbonyl (C=O) groups excluding carboxylic acids is 1. The van der Waals surface area contributed by atoms with Crippen LogP contribution in [0.4, 0.5) is 13.2 Å². The third kappa shape index (κ3) is 2.76. The molecule has 0 amide bonds. The zero-order valence-electron chi connectivity index (χ0n) is 9.41. The number of nitrogens with zero attached hydrogens (tertiary/aromatic N) is 1. The molecular formula is C13H7ClF3NO. The van der Waals surface area contributed by atoms with E-state index in [1.807, 2.05) is 0 Å². The lowest BCUT2D eigenvalue weighted by Crippen LogP contribution is -2.07. The number of halogens is 4. The van der Waals surface area contributed by atoms with Crippen LogP contribution >= 0.6 is 11.6 Å². The van der Waals surface area contributed by atoms with Crippen LogP contribution in [-0.2, 0) is 6.18 Å². The summed E-state index contributed by atoms with van der Waals surface area (Å²) < 4.78 is 38.7. The van der Waals surface area contributed by atoms with Crippen LogP contribution in [0.3, 0.4) is 0 Å². The van der Waals surface area contributed by atoms with Gasteiger partial charge in [-0.25, -0.2) is 4.98 Å². The second-order valence-electron chi connectivity index (χ2n) is 3.74. The minimum atomic E-state index is -4.48. The van der Waals surface area contributed by atoms with Crippen molar-refractivity contribution in [3.05, 3.63) is 52.8 Å². The molecular weight excluding hydrogens is 279 g/mol. The predicted molar refractivity (Wildman–Crippen MR) is 65.1 cm³/mol. The lowest BCUT2D eigenvalue weighted by Gasteiger charge is -2.13. The Bertz CT molecular complexity index is 626. The second-order valence-corrected chi connectivity index (χ2v) is 4.09. The predicted octanol–water partition coefficient (Wildman–Crippen LogP) is 4.23. The number of aromatic nitrogens is 1. The fourth-order valence-corrected chi connectivity index (χ4v) is 1.94. The van der Waals surface area contributed by atoms with Crippen molar-refractivity contribution >= 4 is 17.9 Å². The highest BCUT2D eigenvalue weighted by molar-refractivity contribution is 6.32. The summed E-state index contributed by atoms with van der Waals surface area (Å²) in [6, 6.07) is 7.73. The van der Waals surface area contributed by atoms with E-state index in [-0.39, 0.29) is 22.0 Å². The number of rotatable bonds is 2. The molecule has 0 fully saturated rings. The molecule has 0 spiro atoms. The average Bonchev–Trinajstić information content (AvgIpc) is 2.37. The zero-order chi connectivity index (χ0) is 14.0. The van der Waals surface area contributed by atoms with Gasteiger partial charge in [-0.3, -0.25) is 4.79 Å². The van der Waals surface area contributed by atoms with Crippen molar-refractivity contribution in [1.29, 1.82) is 0 Å². The number of hydrogen-bond donors (Lipinski definition) is 0. The van der Waals surface area contributed by atoms with Crippen molar-refractivity contribution in [2.75, 3.05) is 0 Å². The standard InChI is InChI=1S/C13H7ClF3NO/c14-12-10(6-5-8(7-19)18-12)9-3-1-2-4-11(9)13(15,16)17/h1-7H. The topological polar surface area (TPSA) is 30.0 Å². The van der Waals surface area contributed by atoms with Crippen LogP contribution in [0.2, 0.25) is 5.15 Å². The first-order chi connectivity index (χ1) is 8.93. The molecule has 0 bridgehead atoms. The lowest BCUT2D eigenvalue weighted by atomic mass is 10.0. The molecule has 2 rings (SSSR count). The van der Waals surface area contributed by atoms with Crippen molar-refractivity contribution in [3.63, 3.8) is 0 Å². The van der Waals surface area contributed by atoms with E-state index in [4.69, 9.17) is 11.6 Å². The number of hydrogen-bond acceptors (Lipinski definition) is 2. The Hall–Kier alpha value is -1.88. The van der Waals surface area contributed by atoms with Crippen LogP contribution in [0.5, 0.6) is 0 Å². The van der Waals surface area contributed by atoms with Crippen molar-refractivity contribution in [3.8, 4) is 11.1 Å². The van der Waals surface area contributed by atoms with Crippen LogP contribution < -0.4 is 0 Å². The Labute approximate surface area is 111 Å². The first-order valence-electron chi connectivity index (χ1n) is 5.22. The Morgan fingerprint density at radius 3 is 2.32 bits per heavy atom. The molecule has 0 radical (unpaired) electrons. The van der Waals surface area contributed by atoms with E-state index >= 15 is 0 Å². The number of alkyl halides is 3. The highest BCUT2D eigenvalue weighted by atomic mass is 35.5. The van der Waals surface area contributed by atoms with Crippen molar-refractivity contribution in [1.82, 2.24) is 4.98 Å². The highest BCUT2D eigenvalue weighted by Crippen LogP contribution is 2.38. The summed E-state index contributed by atoms with van der Waals surface area (Å²) in [5, 5.41) is -0.138. The zero-order valence-corrected chi connectivity index (χ0v) is 10.2. The summed E-state index contributed by atoms with van der Waals surface area (Å²) in [7, 11) is 0. The largest absolute Gasteiger partial charge is 0.417 e. The molecule has 6 heteroatoms. The summed E-state index contributed by atoms with van der Waals surface area (Å²) >= 11 is 5.83. The van der Waals surface area contributed by atoms with Gasteiger partial charge in [0.15, 0.2) is 6.29 Å². The smallest absolute Gasteiger partial charge is 0.296 e. The third-order valence-electron chi connectivity index (χ3n) is 2.51. The van der Waals surface area contributed by atoms with E-state index in [1.165, 1.54) is 30.3 Å². The van der Waals surface area contributed by atoms with E-state index in [0.717, 1.165) is 6.07 Å². The van der Waals surface area contributed by atoms with E-state index in [9.17, 15) is 18.0 Å². The summed E-state index contributed by atoms with van der Waals surface area (Å²) in [5.41, 5.74) is -0.652. The first-order valence-corrected chi connectivity index (χ1v) is 5.59. The van der Waals surface area contributed by atoms with Crippen LogP contribution in [0.25, 0.3) is 11.1 Å². The minimum absolute atomic E-state index is 0.0649. The lowest BCUT2D eigenvalue weighted by molar-refractivity contribution is -0.137. The molecule has 0 atom stereocenters. The molecule has 0 unspecified atom stereocenters. The van der Waals surface area contributed by atoms with E-state index in [1.54, 1.807) is 0 Å². The van der Waals surface area contributed by atoms with Gasteiger partial charge < -0.3 is 0 Å². The maximum Gasteiger partial charge on any atom is 0.417 e. The fraction of sp³-hybridized carbons (Fsp3) is 0.0769. The van der Waals surface area contributed by atoms with Gasteiger partial charge in [0.25, 0.3) is 0 Å². The summed E-state index contributed by atoms with van der Waals surface area (Å²) in [4.78, 5) is 14.3. The number of benzene rings is 1. The van der Waals surface area contributed by atoms with Gasteiger partial charge in [-0.15, -0.1) is 0 Å². The molecule has 1 heterocycles. The monoisotopic (exact) mass is 285 g/mol. The average molecular weight is 286 g/mol. The molecule has 0 aliphatic rings. The quantitative estimate of drug-likeness (QED) is 0.610. The maximum atomic E-state index is 12.9. The Morgan fingerprint density at radius 1 is 1.05 bits per heavy atom. The molecule has 0 aliphatic carbocycles. The van der Waals surface area contributed by atoms with Crippen LogP contribution in [0, 0.1) is 0 Å². The van der Waals surface area contributed by atoms with Crippen LogP contribution in [-0.4, -0.2) is 11.3 Å². The summed E-state index contributed by atoms with van der Waals surface area (Å²) in [6.45, 7) is 0. The fourth-order valence-electron chi connectivity index (χ4n) is 1.68. The Balaban J connectivity index is 2.63. The van der Waals surface area contributed by atoms with Gasteiger partial charge in [0.2, 0.25) is 0 Å². The Kier molecular flexibility index (Phi) is 3.57. The molecule has 0 aliphatic heterocycles. The normalized spacial score (nSPS) is 11.4. The van der Waals surface area contributed by atoms with Crippen LogP contribution in [0.1, 0.15) is 16.1 Å². The maximum absolute atomic E-state index is 12.9. The van der Waals surface area contributed by atoms with Crippen LogP contribution in [0.15, 0.2) is 36.4 Å². The van der Waals surface area contributed by atoms with Crippen molar-refractivity contribution < 1.29 is 18.0 Å². The SMILES string of the molecule is O=Cc1ccc(-c2ccccc2C(F)(F)F)c(Cl)n1. The summed E-state index contributed by atoms with van der Waals surface area (Å²) in [6.07, 6.45) is -4.01. The second kappa shape index (κ2) is 5.01. The first kappa shape index (κ1) is 13.5. The van der Waals surface area contributed by atoms with Gasteiger partial charge in [-0.05, 0) is 23.8 Å². The van der Waals surface area contributed by atoms with Gasteiger partial charge >= 0.3 is 6.18 Å². The molecule has 0 saturated heterocycles. The molecule has 0 N–H and O–H groups in total. The van der Waals surface area contributed by atoms with E-state index in [2.05, 4.69) is 4.98 Å². The molecule has 2 nitrogen and oxygen atoms in total. The van der Waals surface area contributed by atoms with Crippen molar-refractivity contribution in [2.45, 2.75) is 6.18 Å². The number of aldehydes is 1. The third-order valence-corrected chi connectivity index (χ3v) is 2.80. The van der Waals surface area contributed by atoms with Gasteiger partial charge in [0.05, 0.1) is 5.56 Å². The molecule has 1 aromatic carbocycles. The van der Waals surface area contributed by atoms with Gasteiger partial charge in [-0.1, -0.05) is 29.8 Å². The van der Waals surface area contributed by atoms with Gasteiger partial charge in [0.1, 0.15) is 10.8 Å². The van der Waals surface area contributed by atoms with E-state index < -0.39 is 11.7 Å². The molecule has 98 valence electrons. The van der Waals surface area contributed by atoms with Crippen molar-refractivity contribution in [2.24, 2.45) is 0 Å². The van der Waals surface area contributed by atoms with Gasteiger partial charge in [0, 0.05) is 5.56 Å². The van der Waals surface area contributed by atoms with Gasteiger partial charge in [-0.2, -0.15) is 13.2 Å². The molecule has 2 aromatic rings.